The molecule has 2 heteroatoms. The van der Waals surface area contributed by atoms with Gasteiger partial charge in [-0.3, -0.25) is 0 Å². The molecule has 0 atom stereocenters. The maximum Gasteiger partial charge on any atom is 0.120 e. The first-order chi connectivity index (χ1) is 7.79. The molecule has 0 aliphatic rings. The summed E-state index contributed by atoms with van der Waals surface area (Å²) in [5.41, 5.74) is 2.43. The molecule has 0 unspecified atom stereocenters. The zero-order valence-electron chi connectivity index (χ0n) is 9.11. The highest BCUT2D eigenvalue weighted by Crippen LogP contribution is 2.26. The van der Waals surface area contributed by atoms with Crippen molar-refractivity contribution in [1.29, 1.82) is 0 Å². The first-order valence-electron chi connectivity index (χ1n) is 5.28. The Morgan fingerprint density at radius 1 is 1.00 bits per heavy atom. The van der Waals surface area contributed by atoms with E-state index in [4.69, 9.17) is 4.74 Å². The highest BCUT2D eigenvalue weighted by atomic mass is 127. The summed E-state index contributed by atoms with van der Waals surface area (Å²) < 4.78 is 6.74. The van der Waals surface area contributed by atoms with Crippen LogP contribution in [-0.4, -0.2) is 6.61 Å². The number of hydrogen-bond acceptors (Lipinski definition) is 1. The van der Waals surface area contributed by atoms with Crippen molar-refractivity contribution in [3.05, 3.63) is 52.1 Å². The van der Waals surface area contributed by atoms with E-state index in [9.17, 15) is 0 Å². The largest absolute Gasteiger partial charge is 0.494 e. The summed E-state index contributed by atoms with van der Waals surface area (Å²) in [6.07, 6.45) is 0. The Morgan fingerprint density at radius 3 is 2.44 bits per heavy atom. The number of halogens is 1. The summed E-state index contributed by atoms with van der Waals surface area (Å²) in [5.74, 6) is 0.938. The van der Waals surface area contributed by atoms with Gasteiger partial charge in [0.1, 0.15) is 5.75 Å². The average Bonchev–Trinajstić information content (AvgIpc) is 2.30. The van der Waals surface area contributed by atoms with Crippen LogP contribution in [0.15, 0.2) is 48.5 Å². The van der Waals surface area contributed by atoms with E-state index in [0.29, 0.717) is 6.61 Å². The minimum absolute atomic E-state index is 0.703. The maximum atomic E-state index is 5.54. The molecule has 0 amide bonds. The minimum atomic E-state index is 0.703. The zero-order valence-corrected chi connectivity index (χ0v) is 11.3. The lowest BCUT2D eigenvalue weighted by atomic mass is 10.1. The highest BCUT2D eigenvalue weighted by molar-refractivity contribution is 14.1. The molecule has 0 heterocycles. The molecule has 0 aromatic heterocycles. The summed E-state index contributed by atoms with van der Waals surface area (Å²) in [5, 5.41) is 0. The second-order valence-corrected chi connectivity index (χ2v) is 4.72. The van der Waals surface area contributed by atoms with E-state index >= 15 is 0 Å². The van der Waals surface area contributed by atoms with Crippen molar-refractivity contribution in [1.82, 2.24) is 0 Å². The lowest BCUT2D eigenvalue weighted by molar-refractivity contribution is 0.340. The molecular formula is C14H13IO. The molecule has 2 aromatic carbocycles. The Hall–Kier alpha value is -1.03. The molecule has 0 radical (unpaired) electrons. The normalized spacial score (nSPS) is 10.1. The van der Waals surface area contributed by atoms with Gasteiger partial charge < -0.3 is 4.74 Å². The van der Waals surface area contributed by atoms with Crippen molar-refractivity contribution >= 4 is 22.6 Å². The van der Waals surface area contributed by atoms with Crippen molar-refractivity contribution in [2.45, 2.75) is 6.92 Å². The minimum Gasteiger partial charge on any atom is -0.494 e. The summed E-state index contributed by atoms with van der Waals surface area (Å²) in [6.45, 7) is 2.70. The van der Waals surface area contributed by atoms with Crippen LogP contribution in [0, 0.1) is 3.57 Å². The molecule has 0 aliphatic heterocycles. The van der Waals surface area contributed by atoms with E-state index < -0.39 is 0 Å². The molecule has 0 bridgehead atoms. The van der Waals surface area contributed by atoms with Crippen molar-refractivity contribution in [3.8, 4) is 16.9 Å². The number of benzene rings is 2. The molecule has 82 valence electrons. The molecule has 1 nitrogen and oxygen atoms in total. The summed E-state index contributed by atoms with van der Waals surface area (Å²) >= 11 is 2.32. The first-order valence-corrected chi connectivity index (χ1v) is 6.36. The van der Waals surface area contributed by atoms with Crippen LogP contribution in [0.1, 0.15) is 6.92 Å². The van der Waals surface area contributed by atoms with Gasteiger partial charge in [0.15, 0.2) is 0 Å². The average molecular weight is 324 g/mol. The van der Waals surface area contributed by atoms with Gasteiger partial charge in [-0.05, 0) is 58.8 Å². The third-order valence-electron chi connectivity index (χ3n) is 2.29. The van der Waals surface area contributed by atoms with Crippen LogP contribution in [0.2, 0.25) is 0 Å². The van der Waals surface area contributed by atoms with Crippen LogP contribution in [0.4, 0.5) is 0 Å². The fourth-order valence-corrected chi connectivity index (χ4v) is 2.25. The van der Waals surface area contributed by atoms with E-state index in [1.807, 2.05) is 13.0 Å². The molecular weight excluding hydrogens is 311 g/mol. The van der Waals surface area contributed by atoms with Crippen LogP contribution in [0.5, 0.6) is 5.75 Å². The Balaban J connectivity index is 2.41. The van der Waals surface area contributed by atoms with E-state index in [2.05, 4.69) is 65.1 Å². The quantitative estimate of drug-likeness (QED) is 0.763. The van der Waals surface area contributed by atoms with Crippen LogP contribution >= 0.6 is 22.6 Å². The third kappa shape index (κ3) is 2.76. The smallest absolute Gasteiger partial charge is 0.120 e. The molecule has 0 aliphatic carbocycles. The van der Waals surface area contributed by atoms with Crippen LogP contribution in [-0.2, 0) is 0 Å². The Kier molecular flexibility index (Phi) is 3.83. The Bertz CT molecular complexity index is 465. The van der Waals surface area contributed by atoms with Crippen LogP contribution < -0.4 is 4.74 Å². The van der Waals surface area contributed by atoms with Gasteiger partial charge in [0.25, 0.3) is 0 Å². The third-order valence-corrected chi connectivity index (χ3v) is 2.91. The van der Waals surface area contributed by atoms with Crippen molar-refractivity contribution in [2.75, 3.05) is 6.61 Å². The zero-order chi connectivity index (χ0) is 11.4. The topological polar surface area (TPSA) is 9.23 Å². The van der Waals surface area contributed by atoms with Crippen molar-refractivity contribution < 1.29 is 4.74 Å². The number of ether oxygens (including phenoxy) is 1. The SMILES string of the molecule is CCOc1cc(I)cc(-c2ccccc2)c1. The van der Waals surface area contributed by atoms with Crippen LogP contribution in [0.25, 0.3) is 11.1 Å². The molecule has 16 heavy (non-hydrogen) atoms. The molecule has 0 saturated carbocycles. The second-order valence-electron chi connectivity index (χ2n) is 3.47. The molecule has 2 aromatic rings. The lowest BCUT2D eigenvalue weighted by Gasteiger charge is -2.07. The fourth-order valence-electron chi connectivity index (χ4n) is 1.61. The van der Waals surface area contributed by atoms with E-state index in [0.717, 1.165) is 5.75 Å². The van der Waals surface area contributed by atoms with E-state index in [1.54, 1.807) is 0 Å². The molecule has 0 spiro atoms. The van der Waals surface area contributed by atoms with Gasteiger partial charge in [-0.1, -0.05) is 30.3 Å². The molecule has 2 rings (SSSR count). The van der Waals surface area contributed by atoms with Gasteiger partial charge in [0.2, 0.25) is 0 Å². The van der Waals surface area contributed by atoms with E-state index in [1.165, 1.54) is 14.7 Å². The predicted molar refractivity (Wildman–Crippen MR) is 75.8 cm³/mol. The Labute approximate surface area is 110 Å². The standard InChI is InChI=1S/C14H13IO/c1-2-16-14-9-12(8-13(15)10-14)11-6-4-3-5-7-11/h3-10H,2H2,1H3. The highest BCUT2D eigenvalue weighted by Gasteiger charge is 2.01. The van der Waals surface area contributed by atoms with Crippen LogP contribution in [0.3, 0.4) is 0 Å². The van der Waals surface area contributed by atoms with Gasteiger partial charge in [-0.25, -0.2) is 0 Å². The van der Waals surface area contributed by atoms with Gasteiger partial charge in [-0.15, -0.1) is 0 Å². The van der Waals surface area contributed by atoms with Gasteiger partial charge in [-0.2, -0.15) is 0 Å². The predicted octanol–water partition coefficient (Wildman–Crippen LogP) is 4.36. The fraction of sp³-hybridized carbons (Fsp3) is 0.143. The summed E-state index contributed by atoms with van der Waals surface area (Å²) in [4.78, 5) is 0. The van der Waals surface area contributed by atoms with Gasteiger partial charge in [0.05, 0.1) is 6.61 Å². The number of rotatable bonds is 3. The van der Waals surface area contributed by atoms with Gasteiger partial charge in [0, 0.05) is 3.57 Å². The van der Waals surface area contributed by atoms with Gasteiger partial charge >= 0.3 is 0 Å². The second kappa shape index (κ2) is 5.34. The van der Waals surface area contributed by atoms with Crippen molar-refractivity contribution in [3.63, 3.8) is 0 Å². The van der Waals surface area contributed by atoms with E-state index in [-0.39, 0.29) is 0 Å². The monoisotopic (exact) mass is 324 g/mol. The Morgan fingerprint density at radius 2 is 1.75 bits per heavy atom. The molecule has 0 N–H and O–H groups in total. The lowest BCUT2D eigenvalue weighted by Crippen LogP contribution is -1.92. The maximum absolute atomic E-state index is 5.54. The molecule has 0 saturated heterocycles. The number of hydrogen-bond donors (Lipinski definition) is 0. The van der Waals surface area contributed by atoms with Crippen molar-refractivity contribution in [2.24, 2.45) is 0 Å². The molecule has 0 fully saturated rings. The summed E-state index contributed by atoms with van der Waals surface area (Å²) in [6, 6.07) is 16.7. The first kappa shape index (κ1) is 11.5. The summed E-state index contributed by atoms with van der Waals surface area (Å²) in [7, 11) is 0.